The van der Waals surface area contributed by atoms with Crippen LogP contribution >= 0.6 is 0 Å². The fourth-order valence-electron chi connectivity index (χ4n) is 2.54. The molecule has 1 rings (SSSR count). The Morgan fingerprint density at radius 2 is 1.71 bits per heavy atom. The lowest BCUT2D eigenvalue weighted by Gasteiger charge is -2.22. The predicted molar refractivity (Wildman–Crippen MR) is 97.7 cm³/mol. The van der Waals surface area contributed by atoms with Crippen molar-refractivity contribution in [2.24, 2.45) is 5.92 Å². The van der Waals surface area contributed by atoms with Gasteiger partial charge in [-0.1, -0.05) is 19.1 Å². The number of aliphatic carboxylic acids is 1. The Bertz CT molecular complexity index is 707. The summed E-state index contributed by atoms with van der Waals surface area (Å²) in [5, 5.41) is 14.2. The maximum absolute atomic E-state index is 13.0. The van der Waals surface area contributed by atoms with Crippen LogP contribution in [0, 0.1) is 11.7 Å². The van der Waals surface area contributed by atoms with E-state index in [0.717, 1.165) is 0 Å². The Kier molecular flexibility index (Phi) is 9.07. The molecule has 9 heteroatoms. The summed E-state index contributed by atoms with van der Waals surface area (Å²) in [5.74, 6) is -4.25. The number of carboxylic acid groups (broad SMARTS) is 1. The zero-order chi connectivity index (χ0) is 21.3. The van der Waals surface area contributed by atoms with Crippen molar-refractivity contribution in [3.05, 3.63) is 35.6 Å². The molecule has 0 saturated carbocycles. The third-order valence-electron chi connectivity index (χ3n) is 3.94. The molecule has 0 fully saturated rings. The number of ether oxygens (including phenoxy) is 1. The minimum absolute atomic E-state index is 0.0471. The highest BCUT2D eigenvalue weighted by molar-refractivity contribution is 5.90. The van der Waals surface area contributed by atoms with Gasteiger partial charge in [-0.25, -0.2) is 9.18 Å². The number of rotatable bonds is 10. The van der Waals surface area contributed by atoms with Crippen LogP contribution in [0.2, 0.25) is 0 Å². The molecule has 0 radical (unpaired) electrons. The molecule has 0 bridgehead atoms. The van der Waals surface area contributed by atoms with Crippen LogP contribution in [0.1, 0.15) is 32.8 Å². The fraction of sp³-hybridized carbons (Fsp3) is 0.474. The van der Waals surface area contributed by atoms with E-state index in [-0.39, 0.29) is 19.4 Å². The molecule has 1 aromatic carbocycles. The Labute approximate surface area is 162 Å². The fourth-order valence-corrected chi connectivity index (χ4v) is 2.54. The first-order valence-corrected chi connectivity index (χ1v) is 8.85. The van der Waals surface area contributed by atoms with Crippen LogP contribution in [-0.4, -0.2) is 47.6 Å². The standard InChI is InChI=1S/C19H25FN2O6/c1-4-28-19(27)11(2)9-16(18(25)26)22-17(24)15(21-12(3)23)10-13-5-7-14(20)8-6-13/h5-8,11,15-16H,4,9-10H2,1-3H3,(H,21,23)(H,22,24)(H,25,26)/t11-,15+,16+/m1/s1. The van der Waals surface area contributed by atoms with E-state index in [1.165, 1.54) is 38.1 Å². The second kappa shape index (κ2) is 11.0. The molecule has 0 spiro atoms. The van der Waals surface area contributed by atoms with Crippen molar-refractivity contribution in [2.75, 3.05) is 6.61 Å². The lowest BCUT2D eigenvalue weighted by molar-refractivity contribution is -0.149. The van der Waals surface area contributed by atoms with E-state index in [1.54, 1.807) is 6.92 Å². The van der Waals surface area contributed by atoms with Crippen molar-refractivity contribution >= 4 is 23.8 Å². The van der Waals surface area contributed by atoms with Crippen LogP contribution < -0.4 is 10.6 Å². The number of esters is 1. The highest BCUT2D eigenvalue weighted by atomic mass is 19.1. The van der Waals surface area contributed by atoms with E-state index in [9.17, 15) is 28.7 Å². The largest absolute Gasteiger partial charge is 0.480 e. The molecular weight excluding hydrogens is 371 g/mol. The van der Waals surface area contributed by atoms with Crippen LogP contribution in [0.5, 0.6) is 0 Å². The van der Waals surface area contributed by atoms with Gasteiger partial charge in [0.2, 0.25) is 11.8 Å². The van der Waals surface area contributed by atoms with Crippen molar-refractivity contribution in [1.29, 1.82) is 0 Å². The van der Waals surface area contributed by atoms with Gasteiger partial charge >= 0.3 is 11.9 Å². The Balaban J connectivity index is 2.86. The van der Waals surface area contributed by atoms with Crippen molar-refractivity contribution in [2.45, 2.75) is 45.7 Å². The smallest absolute Gasteiger partial charge is 0.326 e. The van der Waals surface area contributed by atoms with Gasteiger partial charge in [0, 0.05) is 13.3 Å². The van der Waals surface area contributed by atoms with Crippen LogP contribution in [0.4, 0.5) is 4.39 Å². The Hall–Kier alpha value is -2.97. The third-order valence-corrected chi connectivity index (χ3v) is 3.94. The van der Waals surface area contributed by atoms with Gasteiger partial charge in [-0.3, -0.25) is 14.4 Å². The summed E-state index contributed by atoms with van der Waals surface area (Å²) in [6.07, 6.45) is -0.116. The van der Waals surface area contributed by atoms with E-state index in [0.29, 0.717) is 5.56 Å². The summed E-state index contributed by atoms with van der Waals surface area (Å²) >= 11 is 0. The molecule has 8 nitrogen and oxygen atoms in total. The van der Waals surface area contributed by atoms with Gasteiger partial charge < -0.3 is 20.5 Å². The van der Waals surface area contributed by atoms with Crippen molar-refractivity contribution in [1.82, 2.24) is 10.6 Å². The zero-order valence-corrected chi connectivity index (χ0v) is 16.0. The first-order valence-electron chi connectivity index (χ1n) is 8.85. The van der Waals surface area contributed by atoms with Gasteiger partial charge in [-0.2, -0.15) is 0 Å². The lowest BCUT2D eigenvalue weighted by Crippen LogP contribution is -2.52. The predicted octanol–water partition coefficient (Wildman–Crippen LogP) is 1.03. The lowest BCUT2D eigenvalue weighted by atomic mass is 10.0. The number of carbonyl (C=O) groups is 4. The molecular formula is C19H25FN2O6. The number of carboxylic acids is 1. The first kappa shape index (κ1) is 23.1. The van der Waals surface area contributed by atoms with Gasteiger partial charge in [0.1, 0.15) is 17.9 Å². The van der Waals surface area contributed by atoms with Crippen LogP contribution in [-0.2, 0) is 30.3 Å². The molecule has 3 N–H and O–H groups in total. The first-order chi connectivity index (χ1) is 13.1. The quantitative estimate of drug-likeness (QED) is 0.508. The summed E-state index contributed by atoms with van der Waals surface area (Å²) in [5.41, 5.74) is 0.585. The maximum Gasteiger partial charge on any atom is 0.326 e. The highest BCUT2D eigenvalue weighted by Crippen LogP contribution is 2.11. The topological polar surface area (TPSA) is 122 Å². The van der Waals surface area contributed by atoms with E-state index in [2.05, 4.69) is 10.6 Å². The molecule has 0 aliphatic rings. The summed E-state index contributed by atoms with van der Waals surface area (Å²) in [6, 6.07) is 2.99. The van der Waals surface area contributed by atoms with E-state index in [1.807, 2.05) is 0 Å². The summed E-state index contributed by atoms with van der Waals surface area (Å²) < 4.78 is 17.9. The number of amides is 2. The molecule has 0 unspecified atom stereocenters. The summed E-state index contributed by atoms with van der Waals surface area (Å²) in [4.78, 5) is 47.2. The number of hydrogen-bond acceptors (Lipinski definition) is 5. The molecule has 1 aromatic rings. The third kappa shape index (κ3) is 7.73. The molecule has 28 heavy (non-hydrogen) atoms. The maximum atomic E-state index is 13.0. The normalized spacial score (nSPS) is 13.7. The Morgan fingerprint density at radius 3 is 2.21 bits per heavy atom. The minimum atomic E-state index is -1.34. The minimum Gasteiger partial charge on any atom is -0.480 e. The molecule has 0 aliphatic heterocycles. The van der Waals surface area contributed by atoms with Gasteiger partial charge in [0.15, 0.2) is 0 Å². The number of carbonyl (C=O) groups excluding carboxylic acids is 3. The molecule has 154 valence electrons. The molecule has 0 aliphatic carbocycles. The second-order valence-corrected chi connectivity index (χ2v) is 6.37. The van der Waals surface area contributed by atoms with E-state index >= 15 is 0 Å². The number of benzene rings is 1. The van der Waals surface area contributed by atoms with Crippen LogP contribution in [0.25, 0.3) is 0 Å². The van der Waals surface area contributed by atoms with Crippen LogP contribution in [0.15, 0.2) is 24.3 Å². The van der Waals surface area contributed by atoms with Gasteiger partial charge in [0.25, 0.3) is 0 Å². The molecule has 0 aromatic heterocycles. The summed E-state index contributed by atoms with van der Waals surface area (Å²) in [6.45, 7) is 4.52. The molecule has 2 amide bonds. The number of nitrogens with one attached hydrogen (secondary N) is 2. The van der Waals surface area contributed by atoms with E-state index < -0.39 is 47.6 Å². The SMILES string of the molecule is CCOC(=O)[C@H](C)C[C@H](NC(=O)[C@H](Cc1ccc(F)cc1)NC(C)=O)C(=O)O. The zero-order valence-electron chi connectivity index (χ0n) is 16.0. The monoisotopic (exact) mass is 396 g/mol. The second-order valence-electron chi connectivity index (χ2n) is 6.37. The average Bonchev–Trinajstić information content (AvgIpc) is 2.61. The van der Waals surface area contributed by atoms with Gasteiger partial charge in [0.05, 0.1) is 12.5 Å². The average molecular weight is 396 g/mol. The number of hydrogen-bond donors (Lipinski definition) is 3. The van der Waals surface area contributed by atoms with Gasteiger partial charge in [-0.05, 0) is 31.0 Å². The molecule has 0 heterocycles. The van der Waals surface area contributed by atoms with Gasteiger partial charge in [-0.15, -0.1) is 0 Å². The highest BCUT2D eigenvalue weighted by Gasteiger charge is 2.29. The molecule has 0 saturated heterocycles. The number of halogens is 1. The molecule has 3 atom stereocenters. The summed E-state index contributed by atoms with van der Waals surface area (Å²) in [7, 11) is 0. The van der Waals surface area contributed by atoms with Crippen LogP contribution in [0.3, 0.4) is 0 Å². The van der Waals surface area contributed by atoms with Crippen molar-refractivity contribution in [3.8, 4) is 0 Å². The van der Waals surface area contributed by atoms with Crippen molar-refractivity contribution < 1.29 is 33.4 Å². The Morgan fingerprint density at radius 1 is 1.11 bits per heavy atom. The van der Waals surface area contributed by atoms with E-state index in [4.69, 9.17) is 4.74 Å². The van der Waals surface area contributed by atoms with Crippen molar-refractivity contribution in [3.63, 3.8) is 0 Å².